The number of furan rings is 1. The standard InChI is InChI=1S/C14H12ClN3OS/c15-13-4-3-12(20-13)14(11-2-1-7-19-11)17-8-10-5-6-16-9-18-10/h1-7,9,14,17H,8H2. The van der Waals surface area contributed by atoms with E-state index in [4.69, 9.17) is 16.0 Å². The smallest absolute Gasteiger partial charge is 0.126 e. The van der Waals surface area contributed by atoms with Gasteiger partial charge < -0.3 is 4.42 Å². The van der Waals surface area contributed by atoms with Crippen molar-refractivity contribution in [3.63, 3.8) is 0 Å². The summed E-state index contributed by atoms with van der Waals surface area (Å²) in [5.41, 5.74) is 0.930. The van der Waals surface area contributed by atoms with Crippen LogP contribution >= 0.6 is 22.9 Å². The molecule has 0 amide bonds. The van der Waals surface area contributed by atoms with Crippen molar-refractivity contribution < 1.29 is 4.42 Å². The molecule has 3 aromatic heterocycles. The molecule has 0 saturated heterocycles. The van der Waals surface area contributed by atoms with E-state index in [1.54, 1.807) is 18.8 Å². The first-order valence-electron chi connectivity index (χ1n) is 6.10. The van der Waals surface area contributed by atoms with Crippen LogP contribution in [0.2, 0.25) is 4.34 Å². The maximum atomic E-state index is 6.02. The van der Waals surface area contributed by atoms with Gasteiger partial charge in [0.15, 0.2) is 0 Å². The number of aromatic nitrogens is 2. The van der Waals surface area contributed by atoms with E-state index in [9.17, 15) is 0 Å². The van der Waals surface area contributed by atoms with Gasteiger partial charge in [0.2, 0.25) is 0 Å². The van der Waals surface area contributed by atoms with Crippen LogP contribution < -0.4 is 5.32 Å². The van der Waals surface area contributed by atoms with Gasteiger partial charge in [0, 0.05) is 17.6 Å². The lowest BCUT2D eigenvalue weighted by atomic mass is 10.2. The first-order chi connectivity index (χ1) is 9.83. The number of thiophene rings is 1. The zero-order valence-corrected chi connectivity index (χ0v) is 12.1. The van der Waals surface area contributed by atoms with Crippen LogP contribution in [0.1, 0.15) is 22.4 Å². The minimum absolute atomic E-state index is 0.0301. The molecule has 1 unspecified atom stereocenters. The van der Waals surface area contributed by atoms with Gasteiger partial charge in [-0.25, -0.2) is 9.97 Å². The fraction of sp³-hybridized carbons (Fsp3) is 0.143. The van der Waals surface area contributed by atoms with E-state index in [1.807, 2.05) is 30.3 Å². The third-order valence-corrected chi connectivity index (χ3v) is 4.13. The normalized spacial score (nSPS) is 12.4. The molecule has 1 N–H and O–H groups in total. The van der Waals surface area contributed by atoms with Crippen molar-refractivity contribution in [2.75, 3.05) is 0 Å². The zero-order chi connectivity index (χ0) is 13.8. The number of hydrogen-bond donors (Lipinski definition) is 1. The SMILES string of the molecule is Clc1ccc(C(NCc2ccncn2)c2ccco2)s1. The van der Waals surface area contributed by atoms with E-state index < -0.39 is 0 Å². The minimum Gasteiger partial charge on any atom is -0.467 e. The Morgan fingerprint density at radius 3 is 2.90 bits per heavy atom. The van der Waals surface area contributed by atoms with Crippen molar-refractivity contribution in [2.24, 2.45) is 0 Å². The maximum Gasteiger partial charge on any atom is 0.126 e. The minimum atomic E-state index is -0.0301. The molecular weight excluding hydrogens is 294 g/mol. The second-order valence-corrected chi connectivity index (χ2v) is 5.92. The van der Waals surface area contributed by atoms with Gasteiger partial charge in [-0.15, -0.1) is 11.3 Å². The average molecular weight is 306 g/mol. The molecule has 0 aliphatic carbocycles. The molecule has 0 bridgehead atoms. The molecule has 20 heavy (non-hydrogen) atoms. The summed E-state index contributed by atoms with van der Waals surface area (Å²) in [7, 11) is 0. The molecule has 0 aliphatic heterocycles. The summed E-state index contributed by atoms with van der Waals surface area (Å²) in [6.45, 7) is 0.628. The molecule has 0 spiro atoms. The quantitative estimate of drug-likeness (QED) is 0.781. The largest absolute Gasteiger partial charge is 0.467 e. The Labute approximate surface area is 125 Å². The molecule has 0 saturated carbocycles. The monoisotopic (exact) mass is 305 g/mol. The lowest BCUT2D eigenvalue weighted by molar-refractivity contribution is 0.447. The van der Waals surface area contributed by atoms with Crippen LogP contribution in [0.15, 0.2) is 53.5 Å². The molecule has 0 fully saturated rings. The number of nitrogens with one attached hydrogen (secondary N) is 1. The van der Waals surface area contributed by atoms with Crippen LogP contribution in [0.4, 0.5) is 0 Å². The number of halogens is 1. The van der Waals surface area contributed by atoms with Crippen LogP contribution in [0.25, 0.3) is 0 Å². The van der Waals surface area contributed by atoms with Crippen LogP contribution in [0, 0.1) is 0 Å². The molecule has 6 heteroatoms. The summed E-state index contributed by atoms with van der Waals surface area (Å²) in [6, 6.07) is 9.58. The third-order valence-electron chi connectivity index (χ3n) is 2.84. The predicted octanol–water partition coefficient (Wildman–Crippen LogP) is 3.66. The molecule has 3 aromatic rings. The van der Waals surface area contributed by atoms with Gasteiger partial charge in [0.1, 0.15) is 18.1 Å². The second kappa shape index (κ2) is 6.17. The third kappa shape index (κ3) is 3.07. The first-order valence-corrected chi connectivity index (χ1v) is 7.29. The number of rotatable bonds is 5. The Balaban J connectivity index is 1.80. The fourth-order valence-electron chi connectivity index (χ4n) is 1.91. The molecule has 0 aromatic carbocycles. The summed E-state index contributed by atoms with van der Waals surface area (Å²) in [4.78, 5) is 9.23. The Kier molecular flexibility index (Phi) is 4.11. The molecule has 0 radical (unpaired) electrons. The van der Waals surface area contributed by atoms with Crippen LogP contribution in [0.5, 0.6) is 0 Å². The molecule has 3 rings (SSSR count). The highest BCUT2D eigenvalue weighted by Gasteiger charge is 2.18. The summed E-state index contributed by atoms with van der Waals surface area (Å²) >= 11 is 7.56. The Morgan fingerprint density at radius 2 is 2.25 bits per heavy atom. The van der Waals surface area contributed by atoms with Crippen LogP contribution in [-0.4, -0.2) is 9.97 Å². The zero-order valence-electron chi connectivity index (χ0n) is 10.5. The van der Waals surface area contributed by atoms with E-state index in [0.29, 0.717) is 6.54 Å². The van der Waals surface area contributed by atoms with Gasteiger partial charge >= 0.3 is 0 Å². The van der Waals surface area contributed by atoms with E-state index in [-0.39, 0.29) is 6.04 Å². The van der Waals surface area contributed by atoms with E-state index >= 15 is 0 Å². The van der Waals surface area contributed by atoms with E-state index in [0.717, 1.165) is 20.7 Å². The van der Waals surface area contributed by atoms with Crippen LogP contribution in [0.3, 0.4) is 0 Å². The van der Waals surface area contributed by atoms with Gasteiger partial charge in [-0.2, -0.15) is 0 Å². The van der Waals surface area contributed by atoms with Crippen molar-refractivity contribution in [1.82, 2.24) is 15.3 Å². The molecule has 4 nitrogen and oxygen atoms in total. The summed E-state index contributed by atoms with van der Waals surface area (Å²) in [5.74, 6) is 0.859. The lowest BCUT2D eigenvalue weighted by Gasteiger charge is -2.14. The van der Waals surface area contributed by atoms with Crippen molar-refractivity contribution >= 4 is 22.9 Å². The summed E-state index contributed by atoms with van der Waals surface area (Å²) < 4.78 is 6.28. The first kappa shape index (κ1) is 13.3. The average Bonchev–Trinajstić information content (AvgIpc) is 3.13. The number of hydrogen-bond acceptors (Lipinski definition) is 5. The molecule has 1 atom stereocenters. The molecule has 102 valence electrons. The lowest BCUT2D eigenvalue weighted by Crippen LogP contribution is -2.21. The van der Waals surface area contributed by atoms with Gasteiger partial charge in [-0.1, -0.05) is 11.6 Å². The second-order valence-electron chi connectivity index (χ2n) is 4.17. The Hall–Kier alpha value is -1.69. The highest BCUT2D eigenvalue weighted by atomic mass is 35.5. The van der Waals surface area contributed by atoms with Crippen molar-refractivity contribution in [3.8, 4) is 0 Å². The highest BCUT2D eigenvalue weighted by molar-refractivity contribution is 7.16. The Bertz CT molecular complexity index is 654. The van der Waals surface area contributed by atoms with E-state index in [1.165, 1.54) is 11.3 Å². The topological polar surface area (TPSA) is 51.0 Å². The summed E-state index contributed by atoms with van der Waals surface area (Å²) in [6.07, 6.45) is 4.94. The van der Waals surface area contributed by atoms with Crippen LogP contribution in [-0.2, 0) is 6.54 Å². The van der Waals surface area contributed by atoms with Gasteiger partial charge in [-0.3, -0.25) is 5.32 Å². The maximum absolute atomic E-state index is 6.02. The molecule has 3 heterocycles. The van der Waals surface area contributed by atoms with Gasteiger partial charge in [0.05, 0.1) is 16.3 Å². The van der Waals surface area contributed by atoms with Crippen molar-refractivity contribution in [1.29, 1.82) is 0 Å². The van der Waals surface area contributed by atoms with E-state index in [2.05, 4.69) is 15.3 Å². The molecule has 0 aliphatic rings. The predicted molar refractivity (Wildman–Crippen MR) is 78.8 cm³/mol. The van der Waals surface area contributed by atoms with Crippen molar-refractivity contribution in [3.05, 3.63) is 69.8 Å². The Morgan fingerprint density at radius 1 is 1.30 bits per heavy atom. The van der Waals surface area contributed by atoms with Gasteiger partial charge in [-0.05, 0) is 30.3 Å². The summed E-state index contributed by atoms with van der Waals surface area (Å²) in [5, 5.41) is 3.44. The highest BCUT2D eigenvalue weighted by Crippen LogP contribution is 2.31. The molecular formula is C14H12ClN3OS. The fourth-order valence-corrected chi connectivity index (χ4v) is 3.05. The number of nitrogens with zero attached hydrogens (tertiary/aromatic N) is 2. The van der Waals surface area contributed by atoms with Crippen molar-refractivity contribution in [2.45, 2.75) is 12.6 Å². The van der Waals surface area contributed by atoms with Gasteiger partial charge in [0.25, 0.3) is 0 Å².